The summed E-state index contributed by atoms with van der Waals surface area (Å²) in [6.45, 7) is -0.0615. The van der Waals surface area contributed by atoms with Gasteiger partial charge in [0.15, 0.2) is 0 Å². The van der Waals surface area contributed by atoms with E-state index in [2.05, 4.69) is 0 Å². The average molecular weight is 398 g/mol. The number of rotatable bonds is 6. The molecule has 0 unspecified atom stereocenters. The fourth-order valence-corrected chi connectivity index (χ4v) is 3.51. The fourth-order valence-electron chi connectivity index (χ4n) is 1.91. The molecule has 7 nitrogen and oxygen atoms in total. The number of thioether (sulfide) groups is 1. The lowest BCUT2D eigenvalue weighted by molar-refractivity contribution is -0.384. The second kappa shape index (κ2) is 8.24. The SMILES string of the molecule is O=C([O-])CCN1C(=O)C(=C/C(Cl)=C\c2ccc([N+](=O)[O-])cc2)SC1=S. The zero-order chi connectivity index (χ0) is 18.6. The first-order valence-corrected chi connectivity index (χ1v) is 8.45. The van der Waals surface area contributed by atoms with Crippen molar-refractivity contribution >= 4 is 63.5 Å². The van der Waals surface area contributed by atoms with Gasteiger partial charge in [0, 0.05) is 36.1 Å². The number of halogens is 1. The predicted molar refractivity (Wildman–Crippen MR) is 96.5 cm³/mol. The zero-order valence-corrected chi connectivity index (χ0v) is 14.9. The second-order valence-corrected chi connectivity index (χ2v) is 6.95. The van der Waals surface area contributed by atoms with Crippen LogP contribution in [0.5, 0.6) is 0 Å². The third-order valence-electron chi connectivity index (χ3n) is 3.09. The van der Waals surface area contributed by atoms with Gasteiger partial charge in [0.2, 0.25) is 0 Å². The number of non-ortho nitro benzene ring substituents is 1. The molecular formula is C15H10ClN2O5S2-. The van der Waals surface area contributed by atoms with Gasteiger partial charge in [-0.05, 0) is 29.8 Å². The van der Waals surface area contributed by atoms with Gasteiger partial charge in [-0.15, -0.1) is 0 Å². The summed E-state index contributed by atoms with van der Waals surface area (Å²) in [6, 6.07) is 5.74. The highest BCUT2D eigenvalue weighted by molar-refractivity contribution is 8.26. The molecule has 0 atom stereocenters. The van der Waals surface area contributed by atoms with Crippen LogP contribution in [0.25, 0.3) is 6.08 Å². The monoisotopic (exact) mass is 397 g/mol. The summed E-state index contributed by atoms with van der Waals surface area (Å²) < 4.78 is 0.248. The van der Waals surface area contributed by atoms with Crippen LogP contribution in [0.15, 0.2) is 40.3 Å². The van der Waals surface area contributed by atoms with Crippen LogP contribution in [0.4, 0.5) is 5.69 Å². The first kappa shape index (κ1) is 19.1. The van der Waals surface area contributed by atoms with E-state index in [0.29, 0.717) is 5.56 Å². The number of carbonyl (C=O) groups excluding carboxylic acids is 2. The van der Waals surface area contributed by atoms with Crippen LogP contribution in [0.1, 0.15) is 12.0 Å². The maximum absolute atomic E-state index is 12.2. The number of carboxylic acid groups (broad SMARTS) is 1. The molecule has 25 heavy (non-hydrogen) atoms. The van der Waals surface area contributed by atoms with E-state index >= 15 is 0 Å². The van der Waals surface area contributed by atoms with Gasteiger partial charge in [-0.2, -0.15) is 0 Å². The van der Waals surface area contributed by atoms with E-state index in [-0.39, 0.29) is 32.9 Å². The highest BCUT2D eigenvalue weighted by atomic mass is 35.5. The smallest absolute Gasteiger partial charge is 0.269 e. The summed E-state index contributed by atoms with van der Waals surface area (Å²) >= 11 is 12.2. The summed E-state index contributed by atoms with van der Waals surface area (Å²) in [5.74, 6) is -1.69. The van der Waals surface area contributed by atoms with Gasteiger partial charge in [-0.3, -0.25) is 19.8 Å². The lowest BCUT2D eigenvalue weighted by atomic mass is 10.2. The Hall–Kier alpha value is -2.23. The lowest BCUT2D eigenvalue weighted by Crippen LogP contribution is -2.33. The van der Waals surface area contributed by atoms with E-state index in [9.17, 15) is 24.8 Å². The molecule has 0 aliphatic carbocycles. The van der Waals surface area contributed by atoms with Crippen LogP contribution in [-0.2, 0) is 9.59 Å². The van der Waals surface area contributed by atoms with E-state index < -0.39 is 16.8 Å². The molecule has 1 aliphatic rings. The van der Waals surface area contributed by atoms with Crippen molar-refractivity contribution in [2.24, 2.45) is 0 Å². The van der Waals surface area contributed by atoms with Crippen molar-refractivity contribution in [1.29, 1.82) is 0 Å². The minimum Gasteiger partial charge on any atom is -0.550 e. The number of carboxylic acids is 1. The molecule has 1 aromatic rings. The van der Waals surface area contributed by atoms with Gasteiger partial charge in [-0.1, -0.05) is 35.6 Å². The lowest BCUT2D eigenvalue weighted by Gasteiger charge is -2.14. The Morgan fingerprint density at radius 2 is 2.00 bits per heavy atom. The summed E-state index contributed by atoms with van der Waals surface area (Å²) in [4.78, 5) is 34.3. The Bertz CT molecular complexity index is 805. The molecule has 10 heteroatoms. The molecule has 0 spiro atoms. The van der Waals surface area contributed by atoms with E-state index in [1.54, 1.807) is 6.08 Å². The molecule has 1 saturated heterocycles. The molecule has 1 fully saturated rings. The minimum absolute atomic E-state index is 0.0398. The highest BCUT2D eigenvalue weighted by Gasteiger charge is 2.31. The number of aliphatic carboxylic acids is 1. The molecule has 0 aromatic heterocycles. The van der Waals surface area contributed by atoms with Crippen LogP contribution in [0.2, 0.25) is 0 Å². The summed E-state index contributed by atoms with van der Waals surface area (Å²) in [5, 5.41) is 21.4. The predicted octanol–water partition coefficient (Wildman–Crippen LogP) is 2.06. The number of allylic oxidation sites excluding steroid dienone is 2. The van der Waals surface area contributed by atoms with E-state index in [0.717, 1.165) is 11.8 Å². The van der Waals surface area contributed by atoms with Crippen molar-refractivity contribution in [1.82, 2.24) is 4.90 Å². The van der Waals surface area contributed by atoms with Gasteiger partial charge in [0.1, 0.15) is 4.32 Å². The summed E-state index contributed by atoms with van der Waals surface area (Å²) in [5.41, 5.74) is 0.585. The summed E-state index contributed by atoms with van der Waals surface area (Å²) in [7, 11) is 0. The molecule has 0 N–H and O–H groups in total. The van der Waals surface area contributed by atoms with Gasteiger partial charge in [0.25, 0.3) is 11.6 Å². The standard InChI is InChI=1S/C15H11ClN2O5S2/c16-10(7-9-1-3-11(4-2-9)18(22)23)8-12-14(21)17(15(24)25-12)6-5-13(19)20/h1-4,7-8H,5-6H2,(H,19,20)/p-1/b10-7+,12-8?. The maximum Gasteiger partial charge on any atom is 0.269 e. The molecule has 2 rings (SSSR count). The third-order valence-corrected chi connectivity index (χ3v) is 4.69. The van der Waals surface area contributed by atoms with Gasteiger partial charge in [0.05, 0.1) is 9.83 Å². The number of amides is 1. The van der Waals surface area contributed by atoms with Crippen LogP contribution >= 0.6 is 35.6 Å². The van der Waals surface area contributed by atoms with Crippen LogP contribution < -0.4 is 5.11 Å². The third kappa shape index (κ3) is 5.12. The van der Waals surface area contributed by atoms with Crippen LogP contribution in [0, 0.1) is 10.1 Å². The molecule has 0 bridgehead atoms. The number of carbonyl (C=O) groups is 2. The van der Waals surface area contributed by atoms with Crippen LogP contribution in [-0.4, -0.2) is 32.6 Å². The van der Waals surface area contributed by atoms with E-state index in [1.807, 2.05) is 0 Å². The normalized spacial score (nSPS) is 16.6. The Kier molecular flexibility index (Phi) is 6.29. The quantitative estimate of drug-likeness (QED) is 0.313. The Morgan fingerprint density at radius 1 is 1.36 bits per heavy atom. The number of benzene rings is 1. The van der Waals surface area contributed by atoms with Crippen molar-refractivity contribution in [2.75, 3.05) is 6.54 Å². The number of nitrogens with zero attached hydrogens (tertiary/aromatic N) is 2. The van der Waals surface area contributed by atoms with Crippen molar-refractivity contribution in [2.45, 2.75) is 6.42 Å². The second-order valence-electron chi connectivity index (χ2n) is 4.83. The zero-order valence-electron chi connectivity index (χ0n) is 12.5. The van der Waals surface area contributed by atoms with Gasteiger partial charge >= 0.3 is 0 Å². The maximum atomic E-state index is 12.2. The molecule has 1 aromatic carbocycles. The van der Waals surface area contributed by atoms with E-state index in [1.165, 1.54) is 35.2 Å². The largest absolute Gasteiger partial charge is 0.550 e. The number of hydrogen-bond donors (Lipinski definition) is 0. The van der Waals surface area contributed by atoms with Gasteiger partial charge < -0.3 is 9.90 Å². The summed E-state index contributed by atoms with van der Waals surface area (Å²) in [6.07, 6.45) is 2.65. The van der Waals surface area contributed by atoms with Crippen molar-refractivity contribution in [3.63, 3.8) is 0 Å². The van der Waals surface area contributed by atoms with Crippen molar-refractivity contribution in [3.8, 4) is 0 Å². The Balaban J connectivity index is 2.13. The first-order chi connectivity index (χ1) is 11.8. The van der Waals surface area contributed by atoms with E-state index in [4.69, 9.17) is 23.8 Å². The molecule has 1 aliphatic heterocycles. The molecule has 0 saturated carbocycles. The minimum atomic E-state index is -1.27. The van der Waals surface area contributed by atoms with Gasteiger partial charge in [-0.25, -0.2) is 0 Å². The highest BCUT2D eigenvalue weighted by Crippen LogP contribution is 2.32. The number of nitro groups is 1. The molecule has 0 radical (unpaired) electrons. The topological polar surface area (TPSA) is 104 Å². The molecular weight excluding hydrogens is 388 g/mol. The van der Waals surface area contributed by atoms with Crippen molar-refractivity contribution in [3.05, 3.63) is 56.0 Å². The van der Waals surface area contributed by atoms with Crippen molar-refractivity contribution < 1.29 is 19.6 Å². The first-order valence-electron chi connectivity index (χ1n) is 6.85. The molecule has 1 heterocycles. The molecule has 130 valence electrons. The average Bonchev–Trinajstić information content (AvgIpc) is 2.79. The Labute approximate surface area is 157 Å². The number of hydrogen-bond acceptors (Lipinski definition) is 7. The van der Waals surface area contributed by atoms with Crippen LogP contribution in [0.3, 0.4) is 0 Å². The fraction of sp³-hybridized carbons (Fsp3) is 0.133. The molecule has 1 amide bonds. The number of nitro benzene ring substituents is 1. The number of thiocarbonyl (C=S) groups is 1. The Morgan fingerprint density at radius 3 is 2.56 bits per heavy atom.